The van der Waals surface area contributed by atoms with Crippen molar-refractivity contribution in [2.75, 3.05) is 7.05 Å². The Hall–Kier alpha value is -1.70. The molecule has 0 spiro atoms. The Labute approximate surface area is 196 Å². The summed E-state index contributed by atoms with van der Waals surface area (Å²) in [6.07, 6.45) is 0.713. The van der Waals surface area contributed by atoms with Crippen molar-refractivity contribution in [1.82, 2.24) is 10.2 Å². The zero-order valence-corrected chi connectivity index (χ0v) is 20.1. The molecule has 0 bridgehead atoms. The van der Waals surface area contributed by atoms with Gasteiger partial charge in [0.1, 0.15) is 17.4 Å². The molecule has 1 aromatic rings. The third-order valence-electron chi connectivity index (χ3n) is 5.62. The summed E-state index contributed by atoms with van der Waals surface area (Å²) in [4.78, 5) is 31.9. The van der Waals surface area contributed by atoms with Crippen LogP contribution in [0.25, 0.3) is 0 Å². The number of hydrogen-bond acceptors (Lipinski definition) is 5. The number of benzene rings is 1. The van der Waals surface area contributed by atoms with Crippen LogP contribution in [0.5, 0.6) is 0 Å². The molecule has 166 valence electrons. The molecular weight excluding hydrogens is 457 g/mol. The van der Waals surface area contributed by atoms with Crippen LogP contribution in [-0.2, 0) is 16.0 Å². The maximum absolute atomic E-state index is 13.1. The molecule has 1 aromatic carbocycles. The molecule has 2 aliphatic heterocycles. The summed E-state index contributed by atoms with van der Waals surface area (Å²) in [5.74, 6) is -0.226. The van der Waals surface area contributed by atoms with Crippen molar-refractivity contribution < 1.29 is 14.3 Å². The molecule has 9 heteroatoms. The second-order valence-corrected chi connectivity index (χ2v) is 11.3. The molecule has 1 N–H and O–H groups in total. The minimum atomic E-state index is -0.607. The summed E-state index contributed by atoms with van der Waals surface area (Å²) in [5, 5.41) is 3.69. The topological polar surface area (TPSA) is 71.0 Å². The number of fused-ring (bicyclic) bond motifs is 2. The zero-order valence-electron chi connectivity index (χ0n) is 17.8. The highest BCUT2D eigenvalue weighted by Gasteiger charge is 2.43. The number of carbonyl (C=O) groups is 2. The van der Waals surface area contributed by atoms with Gasteiger partial charge in [0, 0.05) is 18.7 Å². The minimum Gasteiger partial charge on any atom is -0.444 e. The van der Waals surface area contributed by atoms with E-state index >= 15 is 0 Å². The van der Waals surface area contributed by atoms with Gasteiger partial charge in [-0.25, -0.2) is 4.79 Å². The van der Waals surface area contributed by atoms with Gasteiger partial charge in [-0.3, -0.25) is 9.79 Å². The van der Waals surface area contributed by atoms with Crippen LogP contribution in [0.15, 0.2) is 38.7 Å². The smallest absolute Gasteiger partial charge is 0.410 e. The second kappa shape index (κ2) is 8.34. The molecule has 0 saturated heterocycles. The van der Waals surface area contributed by atoms with E-state index in [1.807, 2.05) is 45.0 Å². The fraction of sp³-hybridized carbons (Fsp3) is 0.500. The molecule has 2 heterocycles. The van der Waals surface area contributed by atoms with Crippen LogP contribution in [0.4, 0.5) is 4.79 Å². The first-order valence-corrected chi connectivity index (χ1v) is 11.8. The van der Waals surface area contributed by atoms with Gasteiger partial charge in [0.15, 0.2) is 0 Å². The van der Waals surface area contributed by atoms with Crippen molar-refractivity contribution in [2.45, 2.75) is 62.6 Å². The molecule has 31 heavy (non-hydrogen) atoms. The van der Waals surface area contributed by atoms with Crippen molar-refractivity contribution in [3.05, 3.63) is 44.8 Å². The fourth-order valence-electron chi connectivity index (χ4n) is 4.27. The summed E-state index contributed by atoms with van der Waals surface area (Å²) in [6, 6.07) is 7.06. The molecular formula is C22H25Cl2N3O3S. The van der Waals surface area contributed by atoms with Crippen molar-refractivity contribution in [3.63, 3.8) is 0 Å². The van der Waals surface area contributed by atoms with Crippen molar-refractivity contribution in [1.29, 1.82) is 0 Å². The molecule has 4 atom stereocenters. The Morgan fingerprint density at radius 2 is 1.94 bits per heavy atom. The highest BCUT2D eigenvalue weighted by molar-refractivity contribution is 8.05. The monoisotopic (exact) mass is 481 g/mol. The van der Waals surface area contributed by atoms with E-state index in [0.717, 1.165) is 11.1 Å². The average molecular weight is 482 g/mol. The maximum Gasteiger partial charge on any atom is 0.410 e. The van der Waals surface area contributed by atoms with Gasteiger partial charge in [-0.1, -0.05) is 47.5 Å². The Balaban J connectivity index is 1.53. The van der Waals surface area contributed by atoms with Crippen LogP contribution in [0, 0.1) is 0 Å². The van der Waals surface area contributed by atoms with Gasteiger partial charge in [-0.15, -0.1) is 11.8 Å². The number of halogens is 2. The number of carbonyl (C=O) groups excluding carboxylic acids is 2. The Bertz CT molecular complexity index is 988. The van der Waals surface area contributed by atoms with Gasteiger partial charge >= 0.3 is 6.09 Å². The van der Waals surface area contributed by atoms with E-state index in [-0.39, 0.29) is 29.3 Å². The van der Waals surface area contributed by atoms with Crippen LogP contribution in [0.3, 0.4) is 0 Å². The standard InChI is InChI=1S/C22H25Cl2N3O3S/c1-22(2,3)30-21(29)27(4)18-12-8-6-5-7-11(12)9-13(18)26-20(28)14-10-15-17(25-14)16(23)19(24)31-15/h5-8,13,15,17-18H,9-10H2,1-4H3,(H,26,28)/t13-,15?,17?,18-/m1/s1. The van der Waals surface area contributed by atoms with E-state index in [2.05, 4.69) is 10.3 Å². The van der Waals surface area contributed by atoms with E-state index in [0.29, 0.717) is 27.9 Å². The Morgan fingerprint density at radius 3 is 2.61 bits per heavy atom. The summed E-state index contributed by atoms with van der Waals surface area (Å²) >= 11 is 13.8. The summed E-state index contributed by atoms with van der Waals surface area (Å²) < 4.78 is 6.13. The van der Waals surface area contributed by atoms with Crippen LogP contribution in [-0.4, -0.2) is 52.6 Å². The summed E-state index contributed by atoms with van der Waals surface area (Å²) in [7, 11) is 1.71. The average Bonchev–Trinajstić information content (AvgIpc) is 3.33. The minimum absolute atomic E-state index is 0.0711. The van der Waals surface area contributed by atoms with Crippen molar-refractivity contribution in [2.24, 2.45) is 4.99 Å². The molecule has 0 aromatic heterocycles. The predicted molar refractivity (Wildman–Crippen MR) is 125 cm³/mol. The van der Waals surface area contributed by atoms with E-state index in [1.54, 1.807) is 11.9 Å². The molecule has 1 aliphatic carbocycles. The largest absolute Gasteiger partial charge is 0.444 e. The molecule has 2 unspecified atom stereocenters. The van der Waals surface area contributed by atoms with Crippen molar-refractivity contribution in [3.8, 4) is 0 Å². The third kappa shape index (κ3) is 4.45. The molecule has 0 fully saturated rings. The highest BCUT2D eigenvalue weighted by Crippen LogP contribution is 2.47. The van der Waals surface area contributed by atoms with Crippen molar-refractivity contribution >= 4 is 52.7 Å². The van der Waals surface area contributed by atoms with Gasteiger partial charge in [-0.05, 0) is 38.3 Å². The zero-order chi connectivity index (χ0) is 22.5. The maximum atomic E-state index is 13.1. The number of amides is 2. The normalized spacial score (nSPS) is 27.0. The molecule has 0 saturated carbocycles. The quantitative estimate of drug-likeness (QED) is 0.683. The number of hydrogen-bond donors (Lipinski definition) is 1. The fourth-order valence-corrected chi connectivity index (χ4v) is 6.20. The highest BCUT2D eigenvalue weighted by atomic mass is 35.5. The van der Waals surface area contributed by atoms with Crippen LogP contribution in [0.1, 0.15) is 44.4 Å². The number of rotatable bonds is 3. The van der Waals surface area contributed by atoms with Crippen LogP contribution in [0.2, 0.25) is 0 Å². The molecule has 2 amide bonds. The summed E-state index contributed by atoms with van der Waals surface area (Å²) in [6.45, 7) is 5.50. The lowest BCUT2D eigenvalue weighted by Gasteiger charge is -2.32. The van der Waals surface area contributed by atoms with E-state index < -0.39 is 11.7 Å². The molecule has 3 aliphatic rings. The molecule has 0 radical (unpaired) electrons. The number of nitrogens with one attached hydrogen (secondary N) is 1. The van der Waals surface area contributed by atoms with E-state index in [4.69, 9.17) is 27.9 Å². The predicted octanol–water partition coefficient (Wildman–Crippen LogP) is 4.61. The van der Waals surface area contributed by atoms with Gasteiger partial charge in [0.05, 0.1) is 21.5 Å². The van der Waals surface area contributed by atoms with E-state index in [9.17, 15) is 9.59 Å². The third-order valence-corrected chi connectivity index (χ3v) is 7.86. The SMILES string of the molecule is CN(C(=O)OC(C)(C)C)[C@@H]1c2ccccc2C[C@H]1NC(=O)C1=NC2C(Cl)=C(Cl)SC2C1. The Morgan fingerprint density at radius 1 is 1.23 bits per heavy atom. The van der Waals surface area contributed by atoms with Gasteiger partial charge in [-0.2, -0.15) is 0 Å². The van der Waals surface area contributed by atoms with Gasteiger partial charge < -0.3 is 15.0 Å². The van der Waals surface area contributed by atoms with Crippen LogP contribution >= 0.6 is 35.0 Å². The number of aliphatic imine (C=N–C) groups is 1. The lowest BCUT2D eigenvalue weighted by Crippen LogP contribution is -2.48. The number of nitrogens with zero attached hydrogens (tertiary/aromatic N) is 2. The first-order chi connectivity index (χ1) is 14.5. The van der Waals surface area contributed by atoms with E-state index in [1.165, 1.54) is 11.8 Å². The first kappa shape index (κ1) is 22.5. The Kier molecular flexibility index (Phi) is 6.05. The summed E-state index contributed by atoms with van der Waals surface area (Å²) in [5.41, 5.74) is 1.98. The second-order valence-electron chi connectivity index (χ2n) is 9.02. The number of thioether (sulfide) groups is 1. The van der Waals surface area contributed by atoms with Gasteiger partial charge in [0.2, 0.25) is 0 Å². The van der Waals surface area contributed by atoms with Crippen LogP contribution < -0.4 is 5.32 Å². The lowest BCUT2D eigenvalue weighted by molar-refractivity contribution is -0.116. The number of likely N-dealkylation sites (N-methyl/N-ethyl adjacent to an activating group) is 1. The lowest BCUT2D eigenvalue weighted by atomic mass is 10.1. The molecule has 4 rings (SSSR count). The van der Waals surface area contributed by atoms with Gasteiger partial charge in [0.25, 0.3) is 5.91 Å². The molecule has 6 nitrogen and oxygen atoms in total. The number of ether oxygens (including phenoxy) is 1. The first-order valence-electron chi connectivity index (χ1n) is 10.2.